The first-order chi connectivity index (χ1) is 4.95. The minimum absolute atomic E-state index is 0. The van der Waals surface area contributed by atoms with Crippen LogP contribution in [0, 0.1) is 0 Å². The molecule has 0 bridgehead atoms. The summed E-state index contributed by atoms with van der Waals surface area (Å²) in [5, 5.41) is 8.31. The van der Waals surface area contributed by atoms with Gasteiger partial charge in [0.1, 0.15) is 0 Å². The Labute approximate surface area is 70.6 Å². The van der Waals surface area contributed by atoms with Gasteiger partial charge in [-0.05, 0) is 13.8 Å². The molecule has 0 aromatic carbocycles. The van der Waals surface area contributed by atoms with Crippen molar-refractivity contribution in [2.45, 2.75) is 20.0 Å². The lowest BCUT2D eigenvalue weighted by molar-refractivity contribution is -0.159. The first-order valence-electron chi connectivity index (χ1n) is 3.04. The van der Waals surface area contributed by atoms with Crippen LogP contribution in [0.15, 0.2) is 12.2 Å². The van der Waals surface area contributed by atoms with E-state index in [0.717, 1.165) is 0 Å². The van der Waals surface area contributed by atoms with Crippen LogP contribution < -0.4 is 6.15 Å². The normalized spacial score (nSPS) is 10.8. The summed E-state index contributed by atoms with van der Waals surface area (Å²) in [5.74, 6) is -1.85. The van der Waals surface area contributed by atoms with E-state index >= 15 is 0 Å². The van der Waals surface area contributed by atoms with Crippen molar-refractivity contribution in [1.82, 2.24) is 6.15 Å². The van der Waals surface area contributed by atoms with Crippen LogP contribution in [0.3, 0.4) is 0 Å². The second kappa shape index (κ2) is 5.31. The molecule has 12 heavy (non-hydrogen) atoms. The van der Waals surface area contributed by atoms with Gasteiger partial charge < -0.3 is 16.0 Å². The molecule has 0 aromatic rings. The largest absolute Gasteiger partial charge is 0.479 e. The van der Waals surface area contributed by atoms with E-state index in [0.29, 0.717) is 0 Å². The van der Waals surface area contributed by atoms with Gasteiger partial charge in [0.25, 0.3) is 0 Å². The van der Waals surface area contributed by atoms with E-state index in [1.54, 1.807) is 0 Å². The third kappa shape index (κ3) is 4.45. The van der Waals surface area contributed by atoms with Crippen LogP contribution in [-0.2, 0) is 14.3 Å². The average molecular weight is 175 g/mol. The third-order valence-electron chi connectivity index (χ3n) is 0.980. The van der Waals surface area contributed by atoms with Gasteiger partial charge >= 0.3 is 11.9 Å². The molecular formula is C7H13NO4. The van der Waals surface area contributed by atoms with Gasteiger partial charge in [-0.25, -0.2) is 9.59 Å². The van der Waals surface area contributed by atoms with Gasteiger partial charge in [-0.2, -0.15) is 0 Å². The molecule has 0 aliphatic rings. The van der Waals surface area contributed by atoms with E-state index in [4.69, 9.17) is 5.11 Å². The van der Waals surface area contributed by atoms with Crippen LogP contribution in [-0.4, -0.2) is 23.1 Å². The van der Waals surface area contributed by atoms with Crippen molar-refractivity contribution in [2.24, 2.45) is 0 Å². The Hall–Kier alpha value is -1.36. The Kier molecular flexibility index (Phi) is 5.86. The lowest BCUT2D eigenvalue weighted by Gasteiger charge is -2.07. The summed E-state index contributed by atoms with van der Waals surface area (Å²) in [6, 6.07) is 0. The Balaban J connectivity index is 0. The highest BCUT2D eigenvalue weighted by atomic mass is 16.6. The number of aliphatic carboxylic acids is 1. The number of carbonyl (C=O) groups is 2. The van der Waals surface area contributed by atoms with Crippen LogP contribution in [0.1, 0.15) is 13.8 Å². The molecule has 0 spiro atoms. The smallest absolute Gasteiger partial charge is 0.344 e. The molecule has 5 heteroatoms. The second-order valence-corrected chi connectivity index (χ2v) is 2.17. The highest BCUT2D eigenvalue weighted by Gasteiger charge is 2.15. The highest BCUT2D eigenvalue weighted by molar-refractivity contribution is 5.89. The summed E-state index contributed by atoms with van der Waals surface area (Å²) in [7, 11) is 0. The summed E-state index contributed by atoms with van der Waals surface area (Å²) in [4.78, 5) is 20.8. The molecule has 0 saturated heterocycles. The van der Waals surface area contributed by atoms with Crippen molar-refractivity contribution < 1.29 is 19.4 Å². The molecule has 1 unspecified atom stereocenters. The predicted octanol–water partition coefficient (Wildman–Crippen LogP) is 0.741. The quantitative estimate of drug-likeness (QED) is 0.487. The van der Waals surface area contributed by atoms with Gasteiger partial charge in [0.05, 0.1) is 0 Å². The maximum atomic E-state index is 10.7. The van der Waals surface area contributed by atoms with Crippen LogP contribution in [0.2, 0.25) is 0 Å². The lowest BCUT2D eigenvalue weighted by Crippen LogP contribution is -2.23. The van der Waals surface area contributed by atoms with Crippen LogP contribution in [0.25, 0.3) is 0 Å². The molecule has 5 nitrogen and oxygen atoms in total. The van der Waals surface area contributed by atoms with E-state index in [1.165, 1.54) is 13.8 Å². The van der Waals surface area contributed by atoms with Gasteiger partial charge in [0.15, 0.2) is 6.10 Å². The van der Waals surface area contributed by atoms with Crippen molar-refractivity contribution in [1.29, 1.82) is 0 Å². The Bertz CT molecular complexity index is 200. The maximum absolute atomic E-state index is 10.7. The Morgan fingerprint density at radius 3 is 2.17 bits per heavy atom. The molecule has 1 atom stereocenters. The number of esters is 1. The number of carbonyl (C=O) groups excluding carboxylic acids is 1. The molecule has 70 valence electrons. The SMILES string of the molecule is C=C(C)C(=O)OC(C)C(=O)O.N. The molecular weight excluding hydrogens is 162 g/mol. The molecule has 0 aliphatic heterocycles. The van der Waals surface area contributed by atoms with Gasteiger partial charge in [-0.3, -0.25) is 0 Å². The number of hydrogen-bond acceptors (Lipinski definition) is 4. The fourth-order valence-corrected chi connectivity index (χ4v) is 0.312. The molecule has 0 radical (unpaired) electrons. The topological polar surface area (TPSA) is 98.6 Å². The average Bonchev–Trinajstić information content (AvgIpc) is 1.87. The van der Waals surface area contributed by atoms with Crippen LogP contribution in [0.5, 0.6) is 0 Å². The summed E-state index contributed by atoms with van der Waals surface area (Å²) < 4.78 is 4.44. The predicted molar refractivity (Wildman–Crippen MR) is 43.0 cm³/mol. The fourth-order valence-electron chi connectivity index (χ4n) is 0.312. The van der Waals surface area contributed by atoms with Crippen molar-refractivity contribution in [2.75, 3.05) is 0 Å². The molecule has 0 aromatic heterocycles. The van der Waals surface area contributed by atoms with E-state index in [-0.39, 0.29) is 11.7 Å². The highest BCUT2D eigenvalue weighted by Crippen LogP contribution is 1.97. The molecule has 0 saturated carbocycles. The first kappa shape index (κ1) is 13.2. The molecule has 0 amide bonds. The third-order valence-corrected chi connectivity index (χ3v) is 0.980. The van der Waals surface area contributed by atoms with E-state index in [1.807, 2.05) is 0 Å². The lowest BCUT2D eigenvalue weighted by atomic mass is 10.3. The summed E-state index contributed by atoms with van der Waals surface area (Å²) in [6.45, 7) is 6.04. The van der Waals surface area contributed by atoms with E-state index in [9.17, 15) is 9.59 Å². The number of carboxylic acids is 1. The Morgan fingerprint density at radius 1 is 1.50 bits per heavy atom. The van der Waals surface area contributed by atoms with Crippen LogP contribution >= 0.6 is 0 Å². The number of hydrogen-bond donors (Lipinski definition) is 2. The minimum Gasteiger partial charge on any atom is -0.479 e. The monoisotopic (exact) mass is 175 g/mol. The molecule has 4 N–H and O–H groups in total. The van der Waals surface area contributed by atoms with E-state index in [2.05, 4.69) is 11.3 Å². The number of carboxylic acid groups (broad SMARTS) is 1. The molecule has 0 fully saturated rings. The number of rotatable bonds is 3. The van der Waals surface area contributed by atoms with Gasteiger partial charge in [-0.1, -0.05) is 6.58 Å². The van der Waals surface area contributed by atoms with Gasteiger partial charge in [-0.15, -0.1) is 0 Å². The zero-order valence-electron chi connectivity index (χ0n) is 7.16. The second-order valence-electron chi connectivity index (χ2n) is 2.17. The summed E-state index contributed by atoms with van der Waals surface area (Å²) in [6.07, 6.45) is -1.11. The minimum atomic E-state index is -1.17. The number of ether oxygens (including phenoxy) is 1. The van der Waals surface area contributed by atoms with Gasteiger partial charge in [0, 0.05) is 5.57 Å². The van der Waals surface area contributed by atoms with Crippen molar-refractivity contribution >= 4 is 11.9 Å². The van der Waals surface area contributed by atoms with E-state index < -0.39 is 18.0 Å². The first-order valence-corrected chi connectivity index (χ1v) is 3.04. The van der Waals surface area contributed by atoms with Gasteiger partial charge in [0.2, 0.25) is 0 Å². The van der Waals surface area contributed by atoms with Crippen molar-refractivity contribution in [3.8, 4) is 0 Å². The molecule has 0 rings (SSSR count). The Morgan fingerprint density at radius 2 is 1.92 bits per heavy atom. The maximum Gasteiger partial charge on any atom is 0.344 e. The fraction of sp³-hybridized carbons (Fsp3) is 0.429. The molecule has 0 heterocycles. The molecule has 0 aliphatic carbocycles. The van der Waals surface area contributed by atoms with Crippen molar-refractivity contribution in [3.05, 3.63) is 12.2 Å². The standard InChI is InChI=1S/C7H10O4.H3N/c1-4(2)7(10)11-5(3)6(8)9;/h5H,1H2,2-3H3,(H,8,9);1H3. The zero-order valence-corrected chi connectivity index (χ0v) is 7.16. The zero-order chi connectivity index (χ0) is 9.02. The summed E-state index contributed by atoms with van der Waals surface area (Å²) in [5.41, 5.74) is 0.193. The van der Waals surface area contributed by atoms with Crippen molar-refractivity contribution in [3.63, 3.8) is 0 Å². The van der Waals surface area contributed by atoms with Crippen LogP contribution in [0.4, 0.5) is 0 Å². The summed E-state index contributed by atoms with van der Waals surface area (Å²) >= 11 is 0.